The zero-order valence-corrected chi connectivity index (χ0v) is 16.3. The topological polar surface area (TPSA) is 69.3 Å². The van der Waals surface area contributed by atoms with Crippen molar-refractivity contribution in [2.24, 2.45) is 7.05 Å². The Morgan fingerprint density at radius 2 is 1.90 bits per heavy atom. The van der Waals surface area contributed by atoms with Crippen molar-refractivity contribution < 1.29 is 18.3 Å². The van der Waals surface area contributed by atoms with Crippen LogP contribution in [0.4, 0.5) is 4.39 Å². The van der Waals surface area contributed by atoms with Crippen LogP contribution in [0, 0.1) is 5.82 Å². The predicted molar refractivity (Wildman–Crippen MR) is 108 cm³/mol. The van der Waals surface area contributed by atoms with E-state index < -0.39 is 11.9 Å². The molecule has 0 aliphatic heterocycles. The third-order valence-corrected chi connectivity index (χ3v) is 4.61. The van der Waals surface area contributed by atoms with Crippen LogP contribution in [0.15, 0.2) is 83.5 Å². The quantitative estimate of drug-likeness (QED) is 0.499. The van der Waals surface area contributed by atoms with Crippen LogP contribution in [0.3, 0.4) is 0 Å². The van der Waals surface area contributed by atoms with Crippen molar-refractivity contribution in [2.45, 2.75) is 12.6 Å². The molecule has 0 saturated carbocycles. The molecule has 0 bridgehead atoms. The van der Waals surface area contributed by atoms with Crippen molar-refractivity contribution in [3.8, 4) is 5.75 Å². The number of hydrogen-bond acceptors (Lipinski definition) is 4. The van der Waals surface area contributed by atoms with Gasteiger partial charge < -0.3 is 19.0 Å². The van der Waals surface area contributed by atoms with E-state index in [2.05, 4.69) is 10.3 Å². The smallest absolute Gasteiger partial charge is 0.287 e. The highest BCUT2D eigenvalue weighted by molar-refractivity contribution is 5.92. The van der Waals surface area contributed by atoms with Gasteiger partial charge in [-0.15, -0.1) is 0 Å². The monoisotopic (exact) mass is 405 g/mol. The van der Waals surface area contributed by atoms with Gasteiger partial charge in [-0.25, -0.2) is 9.37 Å². The Kier molecular flexibility index (Phi) is 5.61. The van der Waals surface area contributed by atoms with Gasteiger partial charge in [-0.1, -0.05) is 30.3 Å². The third-order valence-electron chi connectivity index (χ3n) is 4.61. The van der Waals surface area contributed by atoms with Gasteiger partial charge in [-0.2, -0.15) is 0 Å². The van der Waals surface area contributed by atoms with Crippen molar-refractivity contribution in [2.75, 3.05) is 0 Å². The molecule has 0 fully saturated rings. The van der Waals surface area contributed by atoms with Crippen molar-refractivity contribution in [3.63, 3.8) is 0 Å². The summed E-state index contributed by atoms with van der Waals surface area (Å²) in [5, 5.41) is 2.92. The second kappa shape index (κ2) is 8.65. The summed E-state index contributed by atoms with van der Waals surface area (Å²) in [4.78, 5) is 17.2. The predicted octanol–water partition coefficient (Wildman–Crippen LogP) is 4.25. The maximum absolute atomic E-state index is 13.4. The number of carbonyl (C=O) groups is 1. The lowest BCUT2D eigenvalue weighted by atomic mass is 10.1. The first-order chi connectivity index (χ1) is 14.6. The maximum atomic E-state index is 13.4. The summed E-state index contributed by atoms with van der Waals surface area (Å²) in [5.74, 6) is 1.26. The summed E-state index contributed by atoms with van der Waals surface area (Å²) < 4.78 is 26.5. The lowest BCUT2D eigenvalue weighted by Crippen LogP contribution is -2.30. The van der Waals surface area contributed by atoms with E-state index in [4.69, 9.17) is 9.15 Å². The summed E-state index contributed by atoms with van der Waals surface area (Å²) in [6, 6.07) is 18.0. The molecule has 6 nitrogen and oxygen atoms in total. The van der Waals surface area contributed by atoms with Crippen LogP contribution in [0.5, 0.6) is 5.75 Å². The average Bonchev–Trinajstić information content (AvgIpc) is 3.41. The zero-order chi connectivity index (χ0) is 20.9. The number of ether oxygens (including phenoxy) is 1. The number of nitrogens with zero attached hydrogens (tertiary/aromatic N) is 2. The second-order valence-corrected chi connectivity index (χ2v) is 6.72. The third kappa shape index (κ3) is 4.41. The standard InChI is InChI=1S/C23H20FN3O3/c1-27-14-13-25-22(27)21(16-7-9-17(24)10-8-16)26-23(28)20-12-11-19(30-20)15-29-18-5-3-2-4-6-18/h2-14,21H,15H2,1H3,(H,26,28)/t21-/m1/s1. The molecule has 1 N–H and O–H groups in total. The Labute approximate surface area is 172 Å². The van der Waals surface area contributed by atoms with Crippen LogP contribution in [-0.4, -0.2) is 15.5 Å². The number of nitrogens with one attached hydrogen (secondary N) is 1. The fourth-order valence-corrected chi connectivity index (χ4v) is 3.06. The van der Waals surface area contributed by atoms with Gasteiger partial charge in [0.1, 0.15) is 35.8 Å². The Bertz CT molecular complexity index is 1120. The van der Waals surface area contributed by atoms with E-state index in [1.807, 2.05) is 37.4 Å². The number of halogens is 1. The average molecular weight is 405 g/mol. The number of aryl methyl sites for hydroxylation is 1. The number of benzene rings is 2. The first-order valence-electron chi connectivity index (χ1n) is 9.40. The van der Waals surface area contributed by atoms with Crippen LogP contribution in [0.2, 0.25) is 0 Å². The molecule has 1 atom stereocenters. The first kappa shape index (κ1) is 19.4. The number of para-hydroxylation sites is 1. The maximum Gasteiger partial charge on any atom is 0.287 e. The highest BCUT2D eigenvalue weighted by Crippen LogP contribution is 2.22. The number of furan rings is 1. The molecule has 2 heterocycles. The van der Waals surface area contributed by atoms with E-state index in [9.17, 15) is 9.18 Å². The molecule has 4 rings (SSSR count). The summed E-state index contributed by atoms with van der Waals surface area (Å²) in [5.41, 5.74) is 0.707. The summed E-state index contributed by atoms with van der Waals surface area (Å²) >= 11 is 0. The zero-order valence-electron chi connectivity index (χ0n) is 16.3. The van der Waals surface area contributed by atoms with Gasteiger partial charge in [0.15, 0.2) is 5.76 Å². The largest absolute Gasteiger partial charge is 0.486 e. The van der Waals surface area contributed by atoms with Crippen molar-refractivity contribution in [1.82, 2.24) is 14.9 Å². The number of carbonyl (C=O) groups excluding carboxylic acids is 1. The summed E-state index contributed by atoms with van der Waals surface area (Å²) in [6.07, 6.45) is 3.42. The number of aromatic nitrogens is 2. The molecule has 7 heteroatoms. The second-order valence-electron chi connectivity index (χ2n) is 6.72. The number of rotatable bonds is 7. The van der Waals surface area contributed by atoms with Gasteiger partial charge >= 0.3 is 0 Å². The Morgan fingerprint density at radius 1 is 1.13 bits per heavy atom. The summed E-state index contributed by atoms with van der Waals surface area (Å²) in [7, 11) is 1.83. The Morgan fingerprint density at radius 3 is 2.60 bits per heavy atom. The minimum absolute atomic E-state index is 0.156. The molecule has 0 unspecified atom stereocenters. The highest BCUT2D eigenvalue weighted by Gasteiger charge is 2.23. The van der Waals surface area contributed by atoms with Crippen molar-refractivity contribution >= 4 is 5.91 Å². The highest BCUT2D eigenvalue weighted by atomic mass is 19.1. The van der Waals surface area contributed by atoms with E-state index in [1.165, 1.54) is 12.1 Å². The molecule has 30 heavy (non-hydrogen) atoms. The Hall–Kier alpha value is -3.87. The van der Waals surface area contributed by atoms with Crippen LogP contribution < -0.4 is 10.1 Å². The molecular weight excluding hydrogens is 385 g/mol. The lowest BCUT2D eigenvalue weighted by Gasteiger charge is -2.18. The van der Waals surface area contributed by atoms with E-state index in [0.717, 1.165) is 0 Å². The fraction of sp³-hybridized carbons (Fsp3) is 0.130. The number of amides is 1. The van der Waals surface area contributed by atoms with E-state index in [0.29, 0.717) is 22.9 Å². The normalized spacial score (nSPS) is 11.8. The van der Waals surface area contributed by atoms with Gasteiger partial charge in [0.25, 0.3) is 5.91 Å². The van der Waals surface area contributed by atoms with Crippen LogP contribution in [-0.2, 0) is 13.7 Å². The lowest BCUT2D eigenvalue weighted by molar-refractivity contribution is 0.0909. The SMILES string of the molecule is Cn1ccnc1[C@H](NC(=O)c1ccc(COc2ccccc2)o1)c1ccc(F)cc1. The number of hydrogen-bond donors (Lipinski definition) is 1. The molecule has 0 radical (unpaired) electrons. The van der Waals surface area contributed by atoms with Crippen LogP contribution in [0.25, 0.3) is 0 Å². The van der Waals surface area contributed by atoms with E-state index in [1.54, 1.807) is 41.2 Å². The molecule has 0 aliphatic carbocycles. The summed E-state index contributed by atoms with van der Waals surface area (Å²) in [6.45, 7) is 0.206. The molecule has 4 aromatic rings. The van der Waals surface area contributed by atoms with Gasteiger partial charge in [-0.05, 0) is 42.0 Å². The molecule has 0 aliphatic rings. The number of imidazole rings is 1. The van der Waals surface area contributed by atoms with Gasteiger partial charge in [0.2, 0.25) is 0 Å². The molecule has 2 aromatic heterocycles. The van der Waals surface area contributed by atoms with Gasteiger partial charge in [0, 0.05) is 19.4 Å². The van der Waals surface area contributed by atoms with Gasteiger partial charge in [0.05, 0.1) is 0 Å². The van der Waals surface area contributed by atoms with E-state index in [-0.39, 0.29) is 18.2 Å². The molecule has 152 valence electrons. The van der Waals surface area contributed by atoms with E-state index >= 15 is 0 Å². The molecule has 1 amide bonds. The Balaban J connectivity index is 1.49. The molecule has 2 aromatic carbocycles. The van der Waals surface area contributed by atoms with Gasteiger partial charge in [-0.3, -0.25) is 4.79 Å². The van der Waals surface area contributed by atoms with Crippen LogP contribution >= 0.6 is 0 Å². The minimum Gasteiger partial charge on any atom is -0.486 e. The fourth-order valence-electron chi connectivity index (χ4n) is 3.06. The van der Waals surface area contributed by atoms with Crippen molar-refractivity contribution in [1.29, 1.82) is 0 Å². The molecular formula is C23H20FN3O3. The molecule has 0 spiro atoms. The van der Waals surface area contributed by atoms with Crippen LogP contribution in [0.1, 0.15) is 33.7 Å². The molecule has 0 saturated heterocycles. The minimum atomic E-state index is -0.563. The van der Waals surface area contributed by atoms with Crippen molar-refractivity contribution in [3.05, 3.63) is 108 Å². The first-order valence-corrected chi connectivity index (χ1v) is 9.40.